The molecule has 5 heterocycles. The van der Waals surface area contributed by atoms with Crippen LogP contribution >= 0.6 is 0 Å². The van der Waals surface area contributed by atoms with Gasteiger partial charge in [-0.25, -0.2) is 10.6 Å². The minimum Gasteiger partial charge on any atom is -0.481 e. The second kappa shape index (κ2) is 13.4. The molecular formula is C32H52N3O6+. The van der Waals surface area contributed by atoms with Gasteiger partial charge in [-0.05, 0) is 58.3 Å². The minimum absolute atomic E-state index is 0.0515. The molecule has 9 nitrogen and oxygen atoms in total. The third-order valence-electron chi connectivity index (χ3n) is 9.88. The summed E-state index contributed by atoms with van der Waals surface area (Å²) in [6.07, 6.45) is 20.3. The van der Waals surface area contributed by atoms with E-state index in [9.17, 15) is 9.59 Å². The first-order chi connectivity index (χ1) is 19.8. The number of esters is 1. The van der Waals surface area contributed by atoms with E-state index < -0.39 is 17.4 Å². The third kappa shape index (κ3) is 6.93. The average molecular weight is 575 g/mol. The summed E-state index contributed by atoms with van der Waals surface area (Å²) in [7, 11) is 0. The van der Waals surface area contributed by atoms with Gasteiger partial charge in [-0.1, -0.05) is 51.2 Å². The topological polar surface area (TPSA) is 109 Å². The van der Waals surface area contributed by atoms with E-state index in [0.29, 0.717) is 12.6 Å². The molecule has 0 bridgehead atoms. The molecular weight excluding hydrogens is 522 g/mol. The Morgan fingerprint density at radius 2 is 1.83 bits per heavy atom. The Labute approximate surface area is 245 Å². The van der Waals surface area contributed by atoms with E-state index in [2.05, 4.69) is 41.2 Å². The van der Waals surface area contributed by atoms with Gasteiger partial charge in [-0.3, -0.25) is 14.2 Å². The van der Waals surface area contributed by atoms with E-state index >= 15 is 0 Å². The van der Waals surface area contributed by atoms with Crippen LogP contribution < -0.4 is 10.6 Å². The number of nitrogens with zero attached hydrogens (tertiary/aromatic N) is 1. The predicted octanol–water partition coefficient (Wildman–Crippen LogP) is 4.97. The van der Waals surface area contributed by atoms with Crippen molar-refractivity contribution in [2.45, 2.75) is 159 Å². The number of nitrogens with one attached hydrogen (secondary N) is 2. The lowest BCUT2D eigenvalue weighted by Crippen LogP contribution is -2.76. The Balaban J connectivity index is 1.23. The van der Waals surface area contributed by atoms with Gasteiger partial charge in [0.1, 0.15) is 0 Å². The smallest absolute Gasteiger partial charge is 0.350 e. The van der Waals surface area contributed by atoms with Crippen molar-refractivity contribution in [3.63, 3.8) is 0 Å². The standard InChI is InChI=1S/C32H51N3O6/c1-3-25-15-10-11-19-31(41-25)22-24-17-18-26-28(29(38)39-21-12-8-6-4-5-7-9-16-27(36)37)32(20-13-14-23(2)40-32)34-30(33-31)35(24)26/h10,15,23-26,28H,3-9,11-14,16-22H2,1-2H3,(H2,33,34,36,37)/p+1/t23-,24+,25+,26-,28-,31+,32-/m1/s1. The van der Waals surface area contributed by atoms with Crippen LogP contribution in [0.15, 0.2) is 12.2 Å². The van der Waals surface area contributed by atoms with E-state index in [1.165, 1.54) is 0 Å². The summed E-state index contributed by atoms with van der Waals surface area (Å²) in [6.45, 7) is 4.73. The molecule has 0 aromatic heterocycles. The first-order valence-corrected chi connectivity index (χ1v) is 16.5. The zero-order valence-corrected chi connectivity index (χ0v) is 25.2. The number of hydrogen-bond acceptors (Lipinski definition) is 7. The fraction of sp³-hybridized carbons (Fsp3) is 0.844. The van der Waals surface area contributed by atoms with E-state index in [-0.39, 0.29) is 36.6 Å². The number of ether oxygens (including phenoxy) is 3. The predicted molar refractivity (Wildman–Crippen MR) is 155 cm³/mol. The maximum absolute atomic E-state index is 13.8. The molecule has 5 aliphatic heterocycles. The van der Waals surface area contributed by atoms with E-state index in [4.69, 9.17) is 19.3 Å². The highest BCUT2D eigenvalue weighted by molar-refractivity contribution is 5.82. The van der Waals surface area contributed by atoms with Gasteiger partial charge in [0.2, 0.25) is 5.72 Å². The largest absolute Gasteiger partial charge is 0.481 e. The molecule has 3 N–H and O–H groups in total. The molecule has 230 valence electrons. The van der Waals surface area contributed by atoms with Gasteiger partial charge in [-0.15, -0.1) is 0 Å². The quantitative estimate of drug-likeness (QED) is 0.130. The van der Waals surface area contributed by atoms with Gasteiger partial charge in [-0.2, -0.15) is 0 Å². The van der Waals surface area contributed by atoms with Crippen molar-refractivity contribution in [1.29, 1.82) is 0 Å². The first-order valence-electron chi connectivity index (χ1n) is 16.5. The fourth-order valence-electron chi connectivity index (χ4n) is 7.92. The van der Waals surface area contributed by atoms with Crippen LogP contribution in [0.2, 0.25) is 0 Å². The molecule has 0 amide bonds. The van der Waals surface area contributed by atoms with Crippen LogP contribution in [0.25, 0.3) is 0 Å². The maximum atomic E-state index is 13.8. The van der Waals surface area contributed by atoms with Crippen LogP contribution in [0, 0.1) is 5.92 Å². The van der Waals surface area contributed by atoms with Crippen LogP contribution in [-0.2, 0) is 23.8 Å². The number of allylic oxidation sites excluding steroid dienone is 1. The summed E-state index contributed by atoms with van der Waals surface area (Å²) in [5.41, 5.74) is -1.18. The number of carbonyl (C=O) groups is 2. The third-order valence-corrected chi connectivity index (χ3v) is 9.88. The summed E-state index contributed by atoms with van der Waals surface area (Å²) in [5.74, 6) is -0.244. The lowest BCUT2D eigenvalue weighted by Gasteiger charge is -2.50. The number of carbonyl (C=O) groups excluding carboxylic acids is 1. The summed E-state index contributed by atoms with van der Waals surface area (Å²) >= 11 is 0. The normalized spacial score (nSPS) is 36.0. The Hall–Kier alpha value is -2.13. The zero-order valence-electron chi connectivity index (χ0n) is 25.2. The zero-order chi connectivity index (χ0) is 28.9. The van der Waals surface area contributed by atoms with Crippen LogP contribution in [0.5, 0.6) is 0 Å². The fourth-order valence-corrected chi connectivity index (χ4v) is 7.92. The molecule has 0 radical (unpaired) electrons. The van der Waals surface area contributed by atoms with Crippen LogP contribution in [0.3, 0.4) is 0 Å². The second-order valence-electron chi connectivity index (χ2n) is 13.0. The summed E-state index contributed by atoms with van der Waals surface area (Å²) in [5, 5.41) is 16.3. The van der Waals surface area contributed by atoms with Crippen molar-refractivity contribution in [1.82, 2.24) is 10.6 Å². The number of hydrogen-bond donors (Lipinski definition) is 3. The number of guanidine groups is 1. The Bertz CT molecular complexity index is 1000. The summed E-state index contributed by atoms with van der Waals surface area (Å²) in [4.78, 5) is 24.5. The lowest BCUT2D eigenvalue weighted by molar-refractivity contribution is -0.609. The second-order valence-corrected chi connectivity index (χ2v) is 13.0. The van der Waals surface area contributed by atoms with Crippen molar-refractivity contribution in [3.05, 3.63) is 12.2 Å². The molecule has 2 spiro atoms. The Kier molecular flexibility index (Phi) is 9.95. The minimum atomic E-state index is -0.769. The molecule has 0 saturated carbocycles. The number of aliphatic carboxylic acids is 1. The average Bonchev–Trinajstić information content (AvgIpc) is 3.23. The highest BCUT2D eigenvalue weighted by Gasteiger charge is 2.64. The van der Waals surface area contributed by atoms with Crippen LogP contribution in [-0.4, -0.2) is 69.9 Å². The van der Waals surface area contributed by atoms with Crippen LogP contribution in [0.1, 0.15) is 123 Å². The van der Waals surface area contributed by atoms with Gasteiger partial charge >= 0.3 is 17.9 Å². The molecule has 2 saturated heterocycles. The van der Waals surface area contributed by atoms with Crippen molar-refractivity contribution in [3.8, 4) is 0 Å². The van der Waals surface area contributed by atoms with Crippen LogP contribution in [0.4, 0.5) is 0 Å². The summed E-state index contributed by atoms with van der Waals surface area (Å²) < 4.78 is 21.9. The molecule has 0 aromatic rings. The highest BCUT2D eigenvalue weighted by Crippen LogP contribution is 2.45. The first kappa shape index (κ1) is 30.3. The molecule has 0 aromatic carbocycles. The molecule has 7 atom stereocenters. The molecule has 2 fully saturated rings. The number of carboxylic acid groups (broad SMARTS) is 1. The van der Waals surface area contributed by atoms with Crippen molar-refractivity contribution >= 4 is 17.9 Å². The van der Waals surface area contributed by atoms with Gasteiger partial charge in [0.15, 0.2) is 11.6 Å². The highest BCUT2D eigenvalue weighted by atomic mass is 16.6. The molecule has 41 heavy (non-hydrogen) atoms. The molecule has 5 aliphatic rings. The maximum Gasteiger partial charge on any atom is 0.350 e. The number of rotatable bonds is 12. The van der Waals surface area contributed by atoms with Gasteiger partial charge in [0, 0.05) is 25.7 Å². The van der Waals surface area contributed by atoms with E-state index in [1.54, 1.807) is 0 Å². The number of unbranched alkanes of at least 4 members (excludes halogenated alkanes) is 6. The molecule has 5 rings (SSSR count). The Morgan fingerprint density at radius 3 is 2.59 bits per heavy atom. The molecule has 0 aliphatic carbocycles. The van der Waals surface area contributed by atoms with Crippen molar-refractivity contribution < 1.29 is 33.5 Å². The molecule has 9 heteroatoms. The van der Waals surface area contributed by atoms with Gasteiger partial charge in [0.25, 0.3) is 0 Å². The summed E-state index contributed by atoms with van der Waals surface area (Å²) in [6, 6.07) is 0.374. The lowest BCUT2D eigenvalue weighted by atomic mass is 9.80. The van der Waals surface area contributed by atoms with Gasteiger partial charge in [0.05, 0.1) is 30.9 Å². The van der Waals surface area contributed by atoms with Crippen molar-refractivity contribution in [2.24, 2.45) is 5.92 Å². The monoisotopic (exact) mass is 574 g/mol. The molecule has 0 unspecified atom stereocenters. The SMILES string of the molecule is CC[C@H]1C=CCC[C@@]2(C[C@@H]3CC[C@@H]4[C@H](C(=O)OCCCCCCCCCC(=O)O)[C@]5(CCC[C@@H](C)O5)NC(=[N+]34)N2)O1. The van der Waals surface area contributed by atoms with E-state index in [0.717, 1.165) is 109 Å². The van der Waals surface area contributed by atoms with E-state index in [1.807, 2.05) is 0 Å². The Morgan fingerprint density at radius 1 is 1.05 bits per heavy atom. The van der Waals surface area contributed by atoms with Crippen molar-refractivity contribution in [2.75, 3.05) is 6.61 Å². The number of carboxylic acids is 1. The van der Waals surface area contributed by atoms with Gasteiger partial charge < -0.3 is 19.3 Å².